The maximum absolute atomic E-state index is 6.07. The first-order valence-corrected chi connectivity index (χ1v) is 7.48. The summed E-state index contributed by atoms with van der Waals surface area (Å²) in [5, 5.41) is 4.74. The molecule has 0 aliphatic carbocycles. The first-order chi connectivity index (χ1) is 9.49. The highest BCUT2D eigenvalue weighted by atomic mass is 35.5. The second kappa shape index (κ2) is 6.62. The molecule has 2 rings (SSSR count). The van der Waals surface area contributed by atoms with E-state index in [-0.39, 0.29) is 6.04 Å². The van der Waals surface area contributed by atoms with E-state index in [1.807, 2.05) is 18.2 Å². The van der Waals surface area contributed by atoms with E-state index in [0.29, 0.717) is 10.0 Å². The molecule has 3 heteroatoms. The van der Waals surface area contributed by atoms with E-state index in [1.165, 1.54) is 16.7 Å². The second-order valence-electron chi connectivity index (χ2n) is 5.15. The summed E-state index contributed by atoms with van der Waals surface area (Å²) in [6, 6.07) is 12.4. The molecule has 0 saturated heterocycles. The molecule has 0 aliphatic rings. The maximum atomic E-state index is 6.07. The van der Waals surface area contributed by atoms with Crippen LogP contribution in [0.25, 0.3) is 0 Å². The standard InChI is InChI=1S/C17H19Cl2N/c1-11-5-4-6-12(2)15(11)10-20-13(3)14-7-8-16(18)17(19)9-14/h4-9,13,20H,10H2,1-3H3. The van der Waals surface area contributed by atoms with Gasteiger partial charge in [-0.15, -0.1) is 0 Å². The van der Waals surface area contributed by atoms with Crippen LogP contribution in [0.5, 0.6) is 0 Å². The lowest BCUT2D eigenvalue weighted by atomic mass is 10.0. The van der Waals surface area contributed by atoms with Crippen LogP contribution in [0.3, 0.4) is 0 Å². The molecule has 0 radical (unpaired) electrons. The first kappa shape index (κ1) is 15.4. The van der Waals surface area contributed by atoms with Gasteiger partial charge in [0.05, 0.1) is 10.0 Å². The Balaban J connectivity index is 2.08. The van der Waals surface area contributed by atoms with Gasteiger partial charge in [-0.2, -0.15) is 0 Å². The van der Waals surface area contributed by atoms with Gasteiger partial charge in [0.15, 0.2) is 0 Å². The van der Waals surface area contributed by atoms with Crippen molar-refractivity contribution < 1.29 is 0 Å². The van der Waals surface area contributed by atoms with Gasteiger partial charge in [0.25, 0.3) is 0 Å². The van der Waals surface area contributed by atoms with E-state index in [2.05, 4.69) is 44.3 Å². The van der Waals surface area contributed by atoms with Crippen LogP contribution >= 0.6 is 23.2 Å². The van der Waals surface area contributed by atoms with Gasteiger partial charge in [0.2, 0.25) is 0 Å². The van der Waals surface area contributed by atoms with Gasteiger partial charge in [-0.05, 0) is 55.2 Å². The molecule has 0 amide bonds. The molecule has 0 aromatic heterocycles. The molecule has 1 unspecified atom stereocenters. The van der Waals surface area contributed by atoms with Gasteiger partial charge < -0.3 is 5.32 Å². The number of rotatable bonds is 4. The Morgan fingerprint density at radius 2 is 1.65 bits per heavy atom. The zero-order valence-corrected chi connectivity index (χ0v) is 13.5. The van der Waals surface area contributed by atoms with Gasteiger partial charge in [-0.1, -0.05) is 47.5 Å². The van der Waals surface area contributed by atoms with Crippen LogP contribution in [0.15, 0.2) is 36.4 Å². The lowest BCUT2D eigenvalue weighted by Crippen LogP contribution is -2.19. The van der Waals surface area contributed by atoms with Crippen LogP contribution in [-0.2, 0) is 6.54 Å². The van der Waals surface area contributed by atoms with Crippen LogP contribution in [0.4, 0.5) is 0 Å². The summed E-state index contributed by atoms with van der Waals surface area (Å²) in [6.07, 6.45) is 0. The molecule has 0 aliphatic heterocycles. The van der Waals surface area contributed by atoms with Crippen LogP contribution in [0.1, 0.15) is 35.2 Å². The Bertz CT molecular complexity index is 588. The van der Waals surface area contributed by atoms with E-state index < -0.39 is 0 Å². The summed E-state index contributed by atoms with van der Waals surface area (Å²) >= 11 is 12.0. The fourth-order valence-corrected chi connectivity index (χ4v) is 2.59. The van der Waals surface area contributed by atoms with Gasteiger partial charge in [0, 0.05) is 12.6 Å². The molecule has 1 N–H and O–H groups in total. The lowest BCUT2D eigenvalue weighted by molar-refractivity contribution is 0.572. The Hall–Kier alpha value is -1.02. The van der Waals surface area contributed by atoms with E-state index in [1.54, 1.807) is 0 Å². The molecule has 0 fully saturated rings. The van der Waals surface area contributed by atoms with Crippen molar-refractivity contribution in [3.05, 3.63) is 68.7 Å². The third-order valence-corrected chi connectivity index (χ3v) is 4.41. The normalized spacial score (nSPS) is 12.4. The van der Waals surface area contributed by atoms with Crippen LogP contribution < -0.4 is 5.32 Å². The zero-order chi connectivity index (χ0) is 14.7. The predicted molar refractivity (Wildman–Crippen MR) is 87.6 cm³/mol. The summed E-state index contributed by atoms with van der Waals surface area (Å²) < 4.78 is 0. The van der Waals surface area contributed by atoms with Gasteiger partial charge in [-0.3, -0.25) is 0 Å². The van der Waals surface area contributed by atoms with Gasteiger partial charge in [-0.25, -0.2) is 0 Å². The summed E-state index contributed by atoms with van der Waals surface area (Å²) in [6.45, 7) is 7.27. The molecular weight excluding hydrogens is 289 g/mol. The lowest BCUT2D eigenvalue weighted by Gasteiger charge is -2.17. The van der Waals surface area contributed by atoms with Crippen molar-refractivity contribution in [3.8, 4) is 0 Å². The first-order valence-electron chi connectivity index (χ1n) is 6.72. The minimum absolute atomic E-state index is 0.226. The van der Waals surface area contributed by atoms with Crippen molar-refractivity contribution in [3.63, 3.8) is 0 Å². The number of benzene rings is 2. The molecule has 2 aromatic rings. The number of halogens is 2. The molecule has 0 bridgehead atoms. The number of hydrogen-bond acceptors (Lipinski definition) is 1. The summed E-state index contributed by atoms with van der Waals surface area (Å²) in [7, 11) is 0. The molecule has 0 saturated carbocycles. The Kier molecular flexibility index (Phi) is 5.09. The third-order valence-electron chi connectivity index (χ3n) is 3.67. The van der Waals surface area contributed by atoms with Crippen molar-refractivity contribution >= 4 is 23.2 Å². The molecule has 0 heterocycles. The average Bonchev–Trinajstić information content (AvgIpc) is 2.41. The molecule has 1 nitrogen and oxygen atoms in total. The Morgan fingerprint density at radius 1 is 1.00 bits per heavy atom. The van der Waals surface area contributed by atoms with Crippen molar-refractivity contribution in [2.45, 2.75) is 33.4 Å². The number of hydrogen-bond donors (Lipinski definition) is 1. The molecule has 0 spiro atoms. The van der Waals surface area contributed by atoms with Crippen molar-refractivity contribution in [1.82, 2.24) is 5.32 Å². The highest BCUT2D eigenvalue weighted by Gasteiger charge is 2.09. The minimum atomic E-state index is 0.226. The predicted octanol–water partition coefficient (Wildman–Crippen LogP) is 5.46. The SMILES string of the molecule is Cc1cccc(C)c1CNC(C)c1ccc(Cl)c(Cl)c1. The fraction of sp³-hybridized carbons (Fsp3) is 0.294. The molecule has 2 aromatic carbocycles. The largest absolute Gasteiger partial charge is 0.306 e. The summed E-state index contributed by atoms with van der Waals surface area (Å²) in [5.41, 5.74) is 5.14. The van der Waals surface area contributed by atoms with Gasteiger partial charge >= 0.3 is 0 Å². The van der Waals surface area contributed by atoms with E-state index in [0.717, 1.165) is 12.1 Å². The minimum Gasteiger partial charge on any atom is -0.306 e. The third kappa shape index (κ3) is 3.54. The highest BCUT2D eigenvalue weighted by Crippen LogP contribution is 2.26. The number of nitrogens with one attached hydrogen (secondary N) is 1. The van der Waals surface area contributed by atoms with E-state index in [9.17, 15) is 0 Å². The topological polar surface area (TPSA) is 12.0 Å². The quantitative estimate of drug-likeness (QED) is 0.790. The monoisotopic (exact) mass is 307 g/mol. The average molecular weight is 308 g/mol. The zero-order valence-electron chi connectivity index (χ0n) is 12.0. The molecular formula is C17H19Cl2N. The van der Waals surface area contributed by atoms with E-state index >= 15 is 0 Å². The van der Waals surface area contributed by atoms with Crippen molar-refractivity contribution in [1.29, 1.82) is 0 Å². The fourth-order valence-electron chi connectivity index (χ4n) is 2.28. The summed E-state index contributed by atoms with van der Waals surface area (Å²) in [5.74, 6) is 0. The summed E-state index contributed by atoms with van der Waals surface area (Å²) in [4.78, 5) is 0. The van der Waals surface area contributed by atoms with Crippen LogP contribution in [-0.4, -0.2) is 0 Å². The van der Waals surface area contributed by atoms with Crippen LogP contribution in [0.2, 0.25) is 10.0 Å². The Labute approximate surface area is 130 Å². The molecule has 1 atom stereocenters. The van der Waals surface area contributed by atoms with Crippen molar-refractivity contribution in [2.75, 3.05) is 0 Å². The Morgan fingerprint density at radius 3 is 2.25 bits per heavy atom. The molecule has 20 heavy (non-hydrogen) atoms. The number of aryl methyl sites for hydroxylation is 2. The smallest absolute Gasteiger partial charge is 0.0595 e. The van der Waals surface area contributed by atoms with Crippen LogP contribution in [0, 0.1) is 13.8 Å². The molecule has 106 valence electrons. The van der Waals surface area contributed by atoms with Gasteiger partial charge in [0.1, 0.15) is 0 Å². The second-order valence-corrected chi connectivity index (χ2v) is 5.96. The van der Waals surface area contributed by atoms with Crippen molar-refractivity contribution in [2.24, 2.45) is 0 Å². The van der Waals surface area contributed by atoms with E-state index in [4.69, 9.17) is 23.2 Å². The maximum Gasteiger partial charge on any atom is 0.0595 e. The highest BCUT2D eigenvalue weighted by molar-refractivity contribution is 6.42.